The maximum Gasteiger partial charge on any atom is 0.313 e. The van der Waals surface area contributed by atoms with Crippen molar-refractivity contribution in [2.24, 2.45) is 11.3 Å². The summed E-state index contributed by atoms with van der Waals surface area (Å²) in [5, 5.41) is 0.178. The predicted molar refractivity (Wildman–Crippen MR) is 120 cm³/mol. The molecule has 0 amide bonds. The van der Waals surface area contributed by atoms with E-state index in [2.05, 4.69) is 46.4 Å². The molecule has 3 nitrogen and oxygen atoms in total. The van der Waals surface area contributed by atoms with E-state index >= 15 is 0 Å². The monoisotopic (exact) mass is 403 g/mol. The quantitative estimate of drug-likeness (QED) is 0.266. The summed E-state index contributed by atoms with van der Waals surface area (Å²) in [4.78, 5) is 15.4. The van der Waals surface area contributed by atoms with Crippen molar-refractivity contribution in [2.75, 3.05) is 19.7 Å². The van der Waals surface area contributed by atoms with Crippen LogP contribution < -0.4 is 0 Å². The van der Waals surface area contributed by atoms with Gasteiger partial charge in [0.25, 0.3) is 0 Å². The maximum atomic E-state index is 13.2. The van der Waals surface area contributed by atoms with Crippen molar-refractivity contribution >= 4 is 34.3 Å². The highest BCUT2D eigenvalue weighted by Gasteiger charge is 2.47. The van der Waals surface area contributed by atoms with Gasteiger partial charge in [-0.25, -0.2) is 0 Å². The van der Waals surface area contributed by atoms with E-state index in [4.69, 9.17) is 17.0 Å². The predicted octanol–water partition coefficient (Wildman–Crippen LogP) is 6.30. The zero-order valence-corrected chi connectivity index (χ0v) is 19.7. The highest BCUT2D eigenvalue weighted by molar-refractivity contribution is 8.23. The van der Waals surface area contributed by atoms with Crippen LogP contribution in [-0.2, 0) is 9.53 Å². The molecule has 0 aliphatic rings. The number of rotatable bonds is 13. The molecular formula is C21H41NO2S2. The van der Waals surface area contributed by atoms with Crippen molar-refractivity contribution in [3.63, 3.8) is 0 Å². The van der Waals surface area contributed by atoms with Crippen LogP contribution in [0.3, 0.4) is 0 Å². The Morgan fingerprint density at radius 1 is 1.12 bits per heavy atom. The molecule has 0 saturated heterocycles. The smallest absolute Gasteiger partial charge is 0.313 e. The van der Waals surface area contributed by atoms with Gasteiger partial charge in [-0.15, -0.1) is 0 Å². The van der Waals surface area contributed by atoms with E-state index in [0.717, 1.165) is 55.9 Å². The summed E-state index contributed by atoms with van der Waals surface area (Å²) in [5.74, 6) is 0.421. The van der Waals surface area contributed by atoms with Crippen LogP contribution in [0.4, 0.5) is 0 Å². The average Bonchev–Trinajstić information content (AvgIpc) is 2.58. The molecule has 0 aliphatic heterocycles. The number of hydrogen-bond acceptors (Lipinski definition) is 4. The van der Waals surface area contributed by atoms with Crippen molar-refractivity contribution in [1.82, 2.24) is 4.90 Å². The van der Waals surface area contributed by atoms with E-state index in [9.17, 15) is 4.79 Å². The molecule has 0 aromatic carbocycles. The second kappa shape index (κ2) is 13.8. The van der Waals surface area contributed by atoms with E-state index < -0.39 is 5.41 Å². The number of thioether (sulfide) groups is 1. The van der Waals surface area contributed by atoms with Crippen LogP contribution in [-0.4, -0.2) is 40.1 Å². The molecule has 0 radical (unpaired) electrons. The molecule has 0 heterocycles. The maximum absolute atomic E-state index is 13.2. The SMILES string of the molecule is CCCCC(SC(=S)N(CC)CC)C(CCC)(CC(C)C)C(=O)OCC. The molecule has 0 aromatic heterocycles. The van der Waals surface area contributed by atoms with Crippen molar-refractivity contribution in [3.05, 3.63) is 0 Å². The number of thiocarbonyl (C=S) groups is 1. The molecule has 0 saturated carbocycles. The second-order valence-electron chi connectivity index (χ2n) is 7.41. The molecule has 5 heteroatoms. The first-order valence-corrected chi connectivity index (χ1v) is 11.7. The van der Waals surface area contributed by atoms with E-state index in [1.165, 1.54) is 0 Å². The number of hydrogen-bond donors (Lipinski definition) is 0. The van der Waals surface area contributed by atoms with E-state index in [1.807, 2.05) is 6.92 Å². The fourth-order valence-electron chi connectivity index (χ4n) is 3.68. The molecule has 26 heavy (non-hydrogen) atoms. The van der Waals surface area contributed by atoms with Gasteiger partial charge < -0.3 is 9.64 Å². The minimum atomic E-state index is -0.448. The molecule has 0 fully saturated rings. The zero-order chi connectivity index (χ0) is 20.2. The molecule has 154 valence electrons. The molecule has 0 aromatic rings. The molecular weight excluding hydrogens is 362 g/mol. The fraction of sp³-hybridized carbons (Fsp3) is 0.905. The third-order valence-corrected chi connectivity index (χ3v) is 6.83. The summed E-state index contributed by atoms with van der Waals surface area (Å²) in [5.41, 5.74) is -0.448. The average molecular weight is 404 g/mol. The number of carbonyl (C=O) groups excluding carboxylic acids is 1. The second-order valence-corrected chi connectivity index (χ2v) is 9.25. The van der Waals surface area contributed by atoms with Crippen molar-refractivity contribution in [2.45, 2.75) is 92.2 Å². The van der Waals surface area contributed by atoms with Crippen LogP contribution in [0.1, 0.15) is 87.0 Å². The summed E-state index contributed by atoms with van der Waals surface area (Å²) in [6.07, 6.45) is 5.96. The summed E-state index contributed by atoms with van der Waals surface area (Å²) in [6.45, 7) is 17.2. The summed E-state index contributed by atoms with van der Waals surface area (Å²) >= 11 is 7.50. The van der Waals surface area contributed by atoms with Gasteiger partial charge in [0, 0.05) is 18.3 Å². The lowest BCUT2D eigenvalue weighted by molar-refractivity contribution is -0.157. The van der Waals surface area contributed by atoms with Crippen molar-refractivity contribution in [3.8, 4) is 0 Å². The Hall–Kier alpha value is -0.290. The normalized spacial score (nSPS) is 14.8. The van der Waals surface area contributed by atoms with Crippen LogP contribution in [0.5, 0.6) is 0 Å². The Morgan fingerprint density at radius 2 is 1.73 bits per heavy atom. The topological polar surface area (TPSA) is 29.5 Å². The first-order valence-electron chi connectivity index (χ1n) is 10.4. The molecule has 0 aliphatic carbocycles. The Morgan fingerprint density at radius 3 is 2.15 bits per heavy atom. The number of carbonyl (C=O) groups is 1. The van der Waals surface area contributed by atoms with Gasteiger partial charge >= 0.3 is 5.97 Å². The summed E-state index contributed by atoms with van der Waals surface area (Å²) in [7, 11) is 0. The molecule has 2 unspecified atom stereocenters. The number of ether oxygens (including phenoxy) is 1. The molecule has 0 bridgehead atoms. The van der Waals surface area contributed by atoms with Crippen LogP contribution >= 0.6 is 24.0 Å². The minimum Gasteiger partial charge on any atom is -0.466 e. The van der Waals surface area contributed by atoms with Crippen LogP contribution in [0, 0.1) is 11.3 Å². The summed E-state index contributed by atoms with van der Waals surface area (Å²) < 4.78 is 6.53. The lowest BCUT2D eigenvalue weighted by Crippen LogP contribution is -2.45. The third-order valence-electron chi connectivity index (χ3n) is 4.85. The lowest BCUT2D eigenvalue weighted by Gasteiger charge is -2.40. The van der Waals surface area contributed by atoms with E-state index in [0.29, 0.717) is 12.5 Å². The van der Waals surface area contributed by atoms with Gasteiger partial charge in [-0.3, -0.25) is 4.79 Å². The van der Waals surface area contributed by atoms with Gasteiger partial charge in [0.05, 0.1) is 12.0 Å². The van der Waals surface area contributed by atoms with Gasteiger partial charge in [0.2, 0.25) is 0 Å². The van der Waals surface area contributed by atoms with Gasteiger partial charge in [-0.2, -0.15) is 0 Å². The Kier molecular flexibility index (Phi) is 13.7. The Labute approximate surface area is 172 Å². The van der Waals surface area contributed by atoms with Crippen LogP contribution in [0.25, 0.3) is 0 Å². The number of esters is 1. The molecule has 0 N–H and O–H groups in total. The van der Waals surface area contributed by atoms with Gasteiger partial charge in [0.15, 0.2) is 0 Å². The van der Waals surface area contributed by atoms with Crippen LogP contribution in [0.2, 0.25) is 0 Å². The van der Waals surface area contributed by atoms with Gasteiger partial charge in [-0.1, -0.05) is 70.9 Å². The zero-order valence-electron chi connectivity index (χ0n) is 18.1. The first-order chi connectivity index (χ1) is 12.3. The van der Waals surface area contributed by atoms with E-state index in [-0.39, 0.29) is 11.2 Å². The minimum absolute atomic E-state index is 0.0218. The first kappa shape index (κ1) is 25.7. The standard InChI is InChI=1S/C21H41NO2S2/c1-8-13-14-18(26-20(25)22(10-3)11-4)21(15-9-2,16-17(6)7)19(23)24-12-5/h17-18H,8-16H2,1-7H3. The molecule has 2 atom stereocenters. The summed E-state index contributed by atoms with van der Waals surface area (Å²) in [6, 6.07) is 0. The fourth-order valence-corrected chi connectivity index (χ4v) is 5.75. The Balaban J connectivity index is 5.87. The van der Waals surface area contributed by atoms with Crippen LogP contribution in [0.15, 0.2) is 0 Å². The molecule has 0 spiro atoms. The number of unbranched alkanes of at least 4 members (excludes halogenated alkanes) is 1. The van der Waals surface area contributed by atoms with E-state index in [1.54, 1.807) is 11.8 Å². The van der Waals surface area contributed by atoms with Gasteiger partial charge in [-0.05, 0) is 46.0 Å². The van der Waals surface area contributed by atoms with Gasteiger partial charge in [0.1, 0.15) is 4.32 Å². The van der Waals surface area contributed by atoms with Crippen molar-refractivity contribution < 1.29 is 9.53 Å². The largest absolute Gasteiger partial charge is 0.466 e. The number of nitrogens with zero attached hydrogens (tertiary/aromatic N) is 1. The van der Waals surface area contributed by atoms with Crippen molar-refractivity contribution in [1.29, 1.82) is 0 Å². The highest BCUT2D eigenvalue weighted by Crippen LogP contribution is 2.45. The third kappa shape index (κ3) is 7.75. The Bertz CT molecular complexity index is 411. The molecule has 0 rings (SSSR count). The highest BCUT2D eigenvalue weighted by atomic mass is 32.2. The lowest BCUT2D eigenvalue weighted by atomic mass is 9.72.